The highest BCUT2D eigenvalue weighted by Crippen LogP contribution is 2.37. The molecule has 0 bridgehead atoms. The Balaban J connectivity index is 2.69. The number of nitrogens with two attached hydrogens (primary N) is 1. The van der Waals surface area contributed by atoms with Crippen LogP contribution in [0.15, 0.2) is 0 Å². The van der Waals surface area contributed by atoms with Crippen molar-refractivity contribution in [2.24, 2.45) is 17.1 Å². The Morgan fingerprint density at radius 2 is 2.46 bits per heavy atom. The molecule has 76 valence electrons. The van der Waals surface area contributed by atoms with Gasteiger partial charge in [-0.05, 0) is 24.3 Å². The van der Waals surface area contributed by atoms with Crippen molar-refractivity contribution >= 4 is 5.97 Å². The van der Waals surface area contributed by atoms with Crippen LogP contribution >= 0.6 is 0 Å². The molecule has 13 heavy (non-hydrogen) atoms. The van der Waals surface area contributed by atoms with Gasteiger partial charge in [-0.15, -0.1) is 0 Å². The van der Waals surface area contributed by atoms with Crippen molar-refractivity contribution in [2.45, 2.75) is 19.8 Å². The number of carboxylic acid groups (broad SMARTS) is 1. The van der Waals surface area contributed by atoms with Gasteiger partial charge in [-0.3, -0.25) is 4.79 Å². The molecule has 0 saturated carbocycles. The predicted octanol–water partition coefficient (Wildman–Crippen LogP) is 0.463. The Labute approximate surface area is 78.1 Å². The lowest BCUT2D eigenvalue weighted by atomic mass is 9.70. The molecule has 0 amide bonds. The second kappa shape index (κ2) is 4.07. The Bertz CT molecular complexity index is 195. The molecule has 2 atom stereocenters. The van der Waals surface area contributed by atoms with Crippen LogP contribution in [0.1, 0.15) is 19.8 Å². The van der Waals surface area contributed by atoms with E-state index in [0.29, 0.717) is 19.8 Å². The molecule has 3 N–H and O–H groups in total. The summed E-state index contributed by atoms with van der Waals surface area (Å²) in [5, 5.41) is 8.78. The molecule has 1 aliphatic rings. The van der Waals surface area contributed by atoms with E-state index in [-0.39, 0.29) is 17.8 Å². The summed E-state index contributed by atoms with van der Waals surface area (Å²) in [5.41, 5.74) is 5.41. The summed E-state index contributed by atoms with van der Waals surface area (Å²) >= 11 is 0. The summed E-state index contributed by atoms with van der Waals surface area (Å²) in [7, 11) is 0. The van der Waals surface area contributed by atoms with Crippen molar-refractivity contribution in [3.8, 4) is 0 Å². The van der Waals surface area contributed by atoms with Crippen molar-refractivity contribution in [1.29, 1.82) is 0 Å². The van der Waals surface area contributed by atoms with Gasteiger partial charge in [-0.2, -0.15) is 0 Å². The minimum atomic E-state index is -0.765. The Morgan fingerprint density at radius 3 is 2.92 bits per heavy atom. The normalized spacial score (nSPS) is 34.5. The SMILES string of the molecule is CC1COCCC1(CN)CC(=O)O. The molecular formula is C9H17NO3. The molecule has 4 heteroatoms. The lowest BCUT2D eigenvalue weighted by Crippen LogP contribution is -2.44. The van der Waals surface area contributed by atoms with Gasteiger partial charge >= 0.3 is 5.97 Å². The molecule has 1 rings (SSSR count). The molecule has 1 aliphatic heterocycles. The zero-order valence-electron chi connectivity index (χ0n) is 7.95. The fourth-order valence-electron chi connectivity index (χ4n) is 1.90. The fraction of sp³-hybridized carbons (Fsp3) is 0.889. The summed E-state index contributed by atoms with van der Waals surface area (Å²) in [6.07, 6.45) is 0.922. The Morgan fingerprint density at radius 1 is 1.77 bits per heavy atom. The summed E-state index contributed by atoms with van der Waals surface area (Å²) in [6, 6.07) is 0. The third-order valence-electron chi connectivity index (χ3n) is 3.07. The van der Waals surface area contributed by atoms with Gasteiger partial charge < -0.3 is 15.6 Å². The quantitative estimate of drug-likeness (QED) is 0.673. The largest absolute Gasteiger partial charge is 0.481 e. The topological polar surface area (TPSA) is 72.5 Å². The average molecular weight is 187 g/mol. The van der Waals surface area contributed by atoms with Crippen LogP contribution in [0, 0.1) is 11.3 Å². The molecule has 0 aromatic heterocycles. The van der Waals surface area contributed by atoms with Crippen molar-refractivity contribution < 1.29 is 14.6 Å². The Kier molecular flexibility index (Phi) is 3.27. The van der Waals surface area contributed by atoms with Gasteiger partial charge in [0.2, 0.25) is 0 Å². The minimum absolute atomic E-state index is 0.161. The predicted molar refractivity (Wildman–Crippen MR) is 48.3 cm³/mol. The standard InChI is InChI=1S/C9H17NO3/c1-7-5-13-3-2-9(7,6-10)4-8(11)12/h7H,2-6,10H2,1H3,(H,11,12). The van der Waals surface area contributed by atoms with Gasteiger partial charge in [0.1, 0.15) is 0 Å². The number of rotatable bonds is 3. The third-order valence-corrected chi connectivity index (χ3v) is 3.07. The molecule has 0 spiro atoms. The van der Waals surface area contributed by atoms with Gasteiger partial charge in [0.15, 0.2) is 0 Å². The summed E-state index contributed by atoms with van der Waals surface area (Å²) in [5.74, 6) is -0.526. The number of carbonyl (C=O) groups is 1. The van der Waals surface area contributed by atoms with Crippen LogP contribution in [0.25, 0.3) is 0 Å². The number of carboxylic acids is 1. The maximum atomic E-state index is 10.7. The molecule has 1 heterocycles. The molecule has 0 aliphatic carbocycles. The van der Waals surface area contributed by atoms with Gasteiger partial charge in [0.25, 0.3) is 0 Å². The van der Waals surface area contributed by atoms with E-state index in [1.807, 2.05) is 6.92 Å². The molecular weight excluding hydrogens is 170 g/mol. The summed E-state index contributed by atoms with van der Waals surface area (Å²) in [4.78, 5) is 10.7. The first-order valence-electron chi connectivity index (χ1n) is 4.60. The fourth-order valence-corrected chi connectivity index (χ4v) is 1.90. The molecule has 0 radical (unpaired) electrons. The van der Waals surface area contributed by atoms with Crippen molar-refractivity contribution in [2.75, 3.05) is 19.8 Å². The van der Waals surface area contributed by atoms with Gasteiger partial charge in [0.05, 0.1) is 6.42 Å². The second-order valence-electron chi connectivity index (χ2n) is 3.86. The first-order chi connectivity index (χ1) is 6.10. The second-order valence-corrected chi connectivity index (χ2v) is 3.86. The van der Waals surface area contributed by atoms with Crippen LogP contribution < -0.4 is 5.73 Å². The van der Waals surface area contributed by atoms with E-state index in [1.54, 1.807) is 0 Å². The van der Waals surface area contributed by atoms with Crippen molar-refractivity contribution in [3.63, 3.8) is 0 Å². The highest BCUT2D eigenvalue weighted by molar-refractivity contribution is 5.67. The van der Waals surface area contributed by atoms with Crippen LogP contribution in [0.5, 0.6) is 0 Å². The van der Waals surface area contributed by atoms with Crippen LogP contribution in [-0.4, -0.2) is 30.8 Å². The first-order valence-corrected chi connectivity index (χ1v) is 4.60. The van der Waals surface area contributed by atoms with E-state index in [0.717, 1.165) is 6.42 Å². The lowest BCUT2D eigenvalue weighted by molar-refractivity contribution is -0.143. The molecule has 1 saturated heterocycles. The van der Waals surface area contributed by atoms with Crippen molar-refractivity contribution in [3.05, 3.63) is 0 Å². The molecule has 2 unspecified atom stereocenters. The number of hydrogen-bond donors (Lipinski definition) is 2. The van der Waals surface area contributed by atoms with Crippen LogP contribution in [0.4, 0.5) is 0 Å². The molecule has 0 aromatic carbocycles. The maximum absolute atomic E-state index is 10.7. The molecule has 1 fully saturated rings. The van der Waals surface area contributed by atoms with Gasteiger partial charge in [0, 0.05) is 13.2 Å². The van der Waals surface area contributed by atoms with E-state index in [1.165, 1.54) is 0 Å². The van der Waals surface area contributed by atoms with Crippen LogP contribution in [0.2, 0.25) is 0 Å². The van der Waals surface area contributed by atoms with E-state index < -0.39 is 5.97 Å². The first kappa shape index (κ1) is 10.5. The number of ether oxygens (including phenoxy) is 1. The third kappa shape index (κ3) is 2.19. The van der Waals surface area contributed by atoms with E-state index >= 15 is 0 Å². The molecule has 0 aromatic rings. The lowest BCUT2D eigenvalue weighted by Gasteiger charge is -2.40. The van der Waals surface area contributed by atoms with E-state index in [2.05, 4.69) is 0 Å². The monoisotopic (exact) mass is 187 g/mol. The number of aliphatic carboxylic acids is 1. The average Bonchev–Trinajstić information content (AvgIpc) is 2.08. The summed E-state index contributed by atoms with van der Waals surface area (Å²) < 4.78 is 5.27. The van der Waals surface area contributed by atoms with E-state index in [4.69, 9.17) is 15.6 Å². The number of hydrogen-bond acceptors (Lipinski definition) is 3. The summed E-state index contributed by atoms with van der Waals surface area (Å²) in [6.45, 7) is 3.71. The zero-order valence-corrected chi connectivity index (χ0v) is 7.95. The Hall–Kier alpha value is -0.610. The highest BCUT2D eigenvalue weighted by atomic mass is 16.5. The highest BCUT2D eigenvalue weighted by Gasteiger charge is 2.39. The van der Waals surface area contributed by atoms with Crippen LogP contribution in [0.3, 0.4) is 0 Å². The van der Waals surface area contributed by atoms with Gasteiger partial charge in [-0.1, -0.05) is 6.92 Å². The van der Waals surface area contributed by atoms with E-state index in [9.17, 15) is 4.79 Å². The van der Waals surface area contributed by atoms with Crippen molar-refractivity contribution in [1.82, 2.24) is 0 Å². The van der Waals surface area contributed by atoms with Gasteiger partial charge in [-0.25, -0.2) is 0 Å². The zero-order chi connectivity index (χ0) is 9.90. The smallest absolute Gasteiger partial charge is 0.303 e. The minimum Gasteiger partial charge on any atom is -0.481 e. The molecule has 4 nitrogen and oxygen atoms in total. The maximum Gasteiger partial charge on any atom is 0.303 e. The van der Waals surface area contributed by atoms with Crippen LogP contribution in [-0.2, 0) is 9.53 Å².